The molecule has 1 aromatic carbocycles. The Morgan fingerprint density at radius 1 is 1.50 bits per heavy atom. The van der Waals surface area contributed by atoms with E-state index in [-0.39, 0.29) is 17.0 Å². The molecule has 0 aliphatic heterocycles. The molecule has 2 aromatic rings. The quantitative estimate of drug-likeness (QED) is 0.572. The van der Waals surface area contributed by atoms with Gasteiger partial charge in [0.05, 0.1) is 17.0 Å². The van der Waals surface area contributed by atoms with Crippen LogP contribution in [0.25, 0.3) is 0 Å². The van der Waals surface area contributed by atoms with E-state index in [1.165, 1.54) is 12.1 Å². The number of hydrogen-bond acceptors (Lipinski definition) is 6. The first-order chi connectivity index (χ1) is 9.49. The summed E-state index contributed by atoms with van der Waals surface area (Å²) >= 11 is 0.960. The predicted molar refractivity (Wildman–Crippen MR) is 70.9 cm³/mol. The third kappa shape index (κ3) is 2.83. The molecule has 1 amide bonds. The Balaban J connectivity index is 2.15. The number of nitrogens with zero attached hydrogens (tertiary/aromatic N) is 1. The van der Waals surface area contributed by atoms with Crippen LogP contribution in [0.2, 0.25) is 0 Å². The van der Waals surface area contributed by atoms with Crippen LogP contribution >= 0.6 is 11.3 Å². The minimum Gasteiger partial charge on any atom is -0.502 e. The molecule has 0 aliphatic carbocycles. The SMILES string of the molecule is O=C(NCc1csc(=O)[nH]1)c1cccc([N+](=O)[O-])c1O. The highest BCUT2D eigenvalue weighted by molar-refractivity contribution is 7.07. The number of nitro groups is 1. The topological polar surface area (TPSA) is 125 Å². The number of carbonyl (C=O) groups is 1. The van der Waals surface area contributed by atoms with E-state index in [0.717, 1.165) is 17.4 Å². The summed E-state index contributed by atoms with van der Waals surface area (Å²) < 4.78 is 0. The zero-order valence-corrected chi connectivity index (χ0v) is 10.8. The third-order valence-electron chi connectivity index (χ3n) is 2.47. The molecular formula is C11H9N3O5S. The number of phenolic OH excluding ortho intramolecular Hbond substituents is 1. The zero-order chi connectivity index (χ0) is 14.7. The summed E-state index contributed by atoms with van der Waals surface area (Å²) in [7, 11) is 0. The van der Waals surface area contributed by atoms with Gasteiger partial charge in [0.15, 0.2) is 0 Å². The molecule has 1 aromatic heterocycles. The summed E-state index contributed by atoms with van der Waals surface area (Å²) in [5.41, 5.74) is -0.225. The molecule has 0 fully saturated rings. The summed E-state index contributed by atoms with van der Waals surface area (Å²) in [6, 6.07) is 3.68. The molecule has 0 saturated heterocycles. The van der Waals surface area contributed by atoms with Gasteiger partial charge in [0.2, 0.25) is 5.75 Å². The maximum absolute atomic E-state index is 11.8. The van der Waals surface area contributed by atoms with Crippen LogP contribution in [0.15, 0.2) is 28.4 Å². The summed E-state index contributed by atoms with van der Waals surface area (Å²) in [4.78, 5) is 34.9. The summed E-state index contributed by atoms with van der Waals surface area (Å²) in [5.74, 6) is -1.35. The van der Waals surface area contributed by atoms with E-state index in [1.54, 1.807) is 5.38 Å². The second kappa shape index (κ2) is 5.53. The molecule has 104 valence electrons. The van der Waals surface area contributed by atoms with Gasteiger partial charge in [0.1, 0.15) is 0 Å². The molecule has 0 spiro atoms. The van der Waals surface area contributed by atoms with Crippen molar-refractivity contribution < 1.29 is 14.8 Å². The number of aromatic hydroxyl groups is 1. The first-order valence-corrected chi connectivity index (χ1v) is 6.28. The van der Waals surface area contributed by atoms with Crippen molar-refractivity contribution in [3.8, 4) is 5.75 Å². The van der Waals surface area contributed by atoms with Crippen molar-refractivity contribution in [1.82, 2.24) is 10.3 Å². The number of nitrogens with one attached hydrogen (secondary N) is 2. The molecule has 0 saturated carbocycles. The smallest absolute Gasteiger partial charge is 0.311 e. The van der Waals surface area contributed by atoms with Crippen LogP contribution in [0.4, 0.5) is 5.69 Å². The normalized spacial score (nSPS) is 10.2. The van der Waals surface area contributed by atoms with Crippen molar-refractivity contribution in [1.29, 1.82) is 0 Å². The van der Waals surface area contributed by atoms with Gasteiger partial charge in [-0.15, -0.1) is 0 Å². The van der Waals surface area contributed by atoms with Gasteiger partial charge in [-0.3, -0.25) is 19.7 Å². The molecule has 9 heteroatoms. The van der Waals surface area contributed by atoms with Crippen LogP contribution in [0.3, 0.4) is 0 Å². The Hall–Kier alpha value is -2.68. The number of nitro benzene ring substituents is 1. The number of phenols is 1. The first-order valence-electron chi connectivity index (χ1n) is 5.40. The van der Waals surface area contributed by atoms with E-state index in [0.29, 0.717) is 5.69 Å². The fourth-order valence-electron chi connectivity index (χ4n) is 1.53. The Kier molecular flexibility index (Phi) is 3.80. The Morgan fingerprint density at radius 3 is 2.85 bits per heavy atom. The van der Waals surface area contributed by atoms with Gasteiger partial charge < -0.3 is 15.4 Å². The van der Waals surface area contributed by atoms with Crippen LogP contribution in [-0.4, -0.2) is 20.9 Å². The Bertz CT molecular complexity index is 721. The van der Waals surface area contributed by atoms with Crippen molar-refractivity contribution >= 4 is 22.9 Å². The highest BCUT2D eigenvalue weighted by Crippen LogP contribution is 2.29. The average molecular weight is 295 g/mol. The number of rotatable bonds is 4. The summed E-state index contributed by atoms with van der Waals surface area (Å²) in [6.07, 6.45) is 0. The molecule has 2 rings (SSSR count). The molecule has 0 radical (unpaired) electrons. The highest BCUT2D eigenvalue weighted by atomic mass is 32.1. The molecular weight excluding hydrogens is 286 g/mol. The van der Waals surface area contributed by atoms with Crippen molar-refractivity contribution in [2.24, 2.45) is 0 Å². The second-order valence-electron chi connectivity index (χ2n) is 3.79. The van der Waals surface area contributed by atoms with Crippen molar-refractivity contribution in [2.45, 2.75) is 6.54 Å². The number of aromatic nitrogens is 1. The van der Waals surface area contributed by atoms with E-state index < -0.39 is 22.3 Å². The first kappa shape index (κ1) is 13.7. The number of benzene rings is 1. The Morgan fingerprint density at radius 2 is 2.25 bits per heavy atom. The van der Waals surface area contributed by atoms with Crippen molar-refractivity contribution in [3.05, 3.63) is 54.6 Å². The molecule has 8 nitrogen and oxygen atoms in total. The van der Waals surface area contributed by atoms with Gasteiger partial charge >= 0.3 is 10.6 Å². The van der Waals surface area contributed by atoms with Crippen LogP contribution < -0.4 is 10.2 Å². The lowest BCUT2D eigenvalue weighted by Crippen LogP contribution is -2.23. The van der Waals surface area contributed by atoms with Gasteiger partial charge in [-0.05, 0) is 6.07 Å². The van der Waals surface area contributed by atoms with E-state index >= 15 is 0 Å². The largest absolute Gasteiger partial charge is 0.502 e. The molecule has 0 unspecified atom stereocenters. The Labute approximate surface area is 115 Å². The van der Waals surface area contributed by atoms with E-state index in [4.69, 9.17) is 0 Å². The second-order valence-corrected chi connectivity index (χ2v) is 4.63. The summed E-state index contributed by atoms with van der Waals surface area (Å²) in [5, 5.41) is 24.3. The molecule has 0 aliphatic rings. The van der Waals surface area contributed by atoms with Gasteiger partial charge in [0.25, 0.3) is 5.91 Å². The van der Waals surface area contributed by atoms with Gasteiger partial charge in [-0.25, -0.2) is 0 Å². The number of aromatic amines is 1. The monoisotopic (exact) mass is 295 g/mol. The standard InChI is InChI=1S/C11H9N3O5S/c15-9-7(2-1-3-8(9)14(18)19)10(16)12-4-6-5-20-11(17)13-6/h1-3,5,15H,4H2,(H,12,16)(H,13,17). The lowest BCUT2D eigenvalue weighted by atomic mass is 10.1. The fraction of sp³-hybridized carbons (Fsp3) is 0.0909. The van der Waals surface area contributed by atoms with E-state index in [1.807, 2.05) is 0 Å². The molecule has 0 bridgehead atoms. The molecule has 0 atom stereocenters. The fourth-order valence-corrected chi connectivity index (χ4v) is 2.11. The number of carbonyl (C=O) groups excluding carboxylic acids is 1. The lowest BCUT2D eigenvalue weighted by Gasteiger charge is -2.05. The predicted octanol–water partition coefficient (Wildman–Crippen LogP) is 0.980. The third-order valence-corrected chi connectivity index (χ3v) is 3.18. The van der Waals surface area contributed by atoms with Crippen LogP contribution in [0.1, 0.15) is 16.1 Å². The molecule has 20 heavy (non-hydrogen) atoms. The van der Waals surface area contributed by atoms with E-state index in [9.17, 15) is 24.8 Å². The van der Waals surface area contributed by atoms with E-state index in [2.05, 4.69) is 10.3 Å². The van der Waals surface area contributed by atoms with Crippen molar-refractivity contribution in [2.75, 3.05) is 0 Å². The van der Waals surface area contributed by atoms with Gasteiger partial charge in [-0.1, -0.05) is 17.4 Å². The number of hydrogen-bond donors (Lipinski definition) is 3. The van der Waals surface area contributed by atoms with Crippen LogP contribution in [0, 0.1) is 10.1 Å². The maximum Gasteiger partial charge on any atom is 0.311 e. The maximum atomic E-state index is 11.8. The number of thiazole rings is 1. The minimum atomic E-state index is -0.775. The lowest BCUT2D eigenvalue weighted by molar-refractivity contribution is -0.385. The molecule has 3 N–H and O–H groups in total. The number of amides is 1. The van der Waals surface area contributed by atoms with Gasteiger partial charge in [-0.2, -0.15) is 0 Å². The van der Waals surface area contributed by atoms with Gasteiger partial charge in [0, 0.05) is 17.1 Å². The molecule has 1 heterocycles. The van der Waals surface area contributed by atoms with Crippen molar-refractivity contribution in [3.63, 3.8) is 0 Å². The average Bonchev–Trinajstić information content (AvgIpc) is 2.81. The number of H-pyrrole nitrogens is 1. The minimum absolute atomic E-state index is 0.0553. The number of para-hydroxylation sites is 1. The summed E-state index contributed by atoms with van der Waals surface area (Å²) in [6.45, 7) is 0.0553. The highest BCUT2D eigenvalue weighted by Gasteiger charge is 2.20. The zero-order valence-electron chi connectivity index (χ0n) is 9.95. The van der Waals surface area contributed by atoms with Crippen LogP contribution in [-0.2, 0) is 6.54 Å². The van der Waals surface area contributed by atoms with Crippen LogP contribution in [0.5, 0.6) is 5.75 Å².